The minimum atomic E-state index is -0.0176. The van der Waals surface area contributed by atoms with Crippen LogP contribution in [-0.2, 0) is 0 Å². The van der Waals surface area contributed by atoms with Gasteiger partial charge in [-0.3, -0.25) is 4.79 Å². The lowest BCUT2D eigenvalue weighted by atomic mass is 10.1. The molecule has 3 rings (SSSR count). The molecule has 0 radical (unpaired) electrons. The van der Waals surface area contributed by atoms with Crippen molar-refractivity contribution in [1.29, 1.82) is 0 Å². The topological polar surface area (TPSA) is 42.0 Å². The predicted octanol–water partition coefficient (Wildman–Crippen LogP) is 4.32. The van der Waals surface area contributed by atoms with Crippen LogP contribution in [0.2, 0.25) is 0 Å². The van der Waals surface area contributed by atoms with Gasteiger partial charge < -0.3 is 5.32 Å². The van der Waals surface area contributed by atoms with Gasteiger partial charge in [-0.15, -0.1) is 22.7 Å². The van der Waals surface area contributed by atoms with Gasteiger partial charge in [0.2, 0.25) is 0 Å². The van der Waals surface area contributed by atoms with Crippen LogP contribution in [0.15, 0.2) is 22.9 Å². The van der Waals surface area contributed by atoms with E-state index in [1.54, 1.807) is 22.7 Å². The fourth-order valence-corrected chi connectivity index (χ4v) is 4.19. The first-order valence-corrected chi connectivity index (χ1v) is 8.89. The van der Waals surface area contributed by atoms with Gasteiger partial charge in [-0.2, -0.15) is 0 Å². The number of aromatic nitrogens is 1. The monoisotopic (exact) mass is 306 g/mol. The molecule has 0 unspecified atom stereocenters. The lowest BCUT2D eigenvalue weighted by Crippen LogP contribution is -2.34. The molecule has 5 heteroatoms. The smallest absolute Gasteiger partial charge is 0.270 e. The summed E-state index contributed by atoms with van der Waals surface area (Å²) in [6.45, 7) is 0. The van der Waals surface area contributed by atoms with Crippen LogP contribution >= 0.6 is 22.7 Å². The van der Waals surface area contributed by atoms with Crippen LogP contribution in [0.3, 0.4) is 0 Å². The van der Waals surface area contributed by atoms with E-state index in [4.69, 9.17) is 0 Å². The van der Waals surface area contributed by atoms with E-state index in [1.165, 1.54) is 25.7 Å². The predicted molar refractivity (Wildman–Crippen MR) is 84.4 cm³/mol. The molecule has 1 amide bonds. The van der Waals surface area contributed by atoms with Crippen LogP contribution in [0.5, 0.6) is 0 Å². The first-order valence-electron chi connectivity index (χ1n) is 7.13. The Labute approximate surface area is 127 Å². The normalized spacial score (nSPS) is 16.8. The maximum Gasteiger partial charge on any atom is 0.270 e. The number of carbonyl (C=O) groups excluding carboxylic acids is 1. The standard InChI is InChI=1S/C15H18N2OS2/c18-14(16-11-6-3-1-2-4-7-11)12-10-20-15(17-12)13-8-5-9-19-13/h5,8-11H,1-4,6-7H2,(H,16,18). The maximum atomic E-state index is 12.2. The number of nitrogens with one attached hydrogen (secondary N) is 1. The Kier molecular flexibility index (Phi) is 4.47. The quantitative estimate of drug-likeness (QED) is 0.858. The summed E-state index contributed by atoms with van der Waals surface area (Å²) >= 11 is 3.20. The van der Waals surface area contributed by atoms with Crippen molar-refractivity contribution in [2.24, 2.45) is 0 Å². The van der Waals surface area contributed by atoms with Crippen LogP contribution in [-0.4, -0.2) is 16.9 Å². The molecule has 0 bridgehead atoms. The Balaban J connectivity index is 1.65. The molecule has 0 spiro atoms. The molecule has 0 aliphatic heterocycles. The minimum absolute atomic E-state index is 0.0176. The number of thiazole rings is 1. The van der Waals surface area contributed by atoms with Gasteiger partial charge in [0.15, 0.2) is 0 Å². The van der Waals surface area contributed by atoms with Gasteiger partial charge in [0.1, 0.15) is 10.7 Å². The van der Waals surface area contributed by atoms with Crippen molar-refractivity contribution in [3.8, 4) is 9.88 Å². The summed E-state index contributed by atoms with van der Waals surface area (Å²) in [7, 11) is 0. The largest absolute Gasteiger partial charge is 0.348 e. The highest BCUT2D eigenvalue weighted by molar-refractivity contribution is 7.20. The van der Waals surface area contributed by atoms with Crippen molar-refractivity contribution in [3.63, 3.8) is 0 Å². The number of hydrogen-bond acceptors (Lipinski definition) is 4. The van der Waals surface area contributed by atoms with Crippen molar-refractivity contribution in [3.05, 3.63) is 28.6 Å². The van der Waals surface area contributed by atoms with Gasteiger partial charge in [-0.05, 0) is 24.3 Å². The number of thiophene rings is 1. The molecule has 1 N–H and O–H groups in total. The molecule has 2 aromatic heterocycles. The first-order chi connectivity index (χ1) is 9.83. The Morgan fingerprint density at radius 2 is 2.00 bits per heavy atom. The summed E-state index contributed by atoms with van der Waals surface area (Å²) in [5, 5.41) is 7.97. The molecular formula is C15H18N2OS2. The van der Waals surface area contributed by atoms with E-state index in [0.717, 1.165) is 22.7 Å². The van der Waals surface area contributed by atoms with Gasteiger partial charge in [0.25, 0.3) is 5.91 Å². The van der Waals surface area contributed by atoms with Crippen molar-refractivity contribution >= 4 is 28.6 Å². The molecule has 1 saturated carbocycles. The Morgan fingerprint density at radius 3 is 2.70 bits per heavy atom. The summed E-state index contributed by atoms with van der Waals surface area (Å²) in [6, 6.07) is 4.38. The highest BCUT2D eigenvalue weighted by atomic mass is 32.1. The van der Waals surface area contributed by atoms with Crippen LogP contribution in [0.25, 0.3) is 9.88 Å². The molecule has 1 aliphatic carbocycles. The second kappa shape index (κ2) is 6.50. The van der Waals surface area contributed by atoms with Crippen LogP contribution in [0.1, 0.15) is 49.0 Å². The highest BCUT2D eigenvalue weighted by Crippen LogP contribution is 2.28. The summed E-state index contributed by atoms with van der Waals surface area (Å²) in [6.07, 6.45) is 7.25. The van der Waals surface area contributed by atoms with E-state index in [1.807, 2.05) is 22.9 Å². The van der Waals surface area contributed by atoms with Crippen molar-refractivity contribution in [2.45, 2.75) is 44.6 Å². The SMILES string of the molecule is O=C(NC1CCCCCC1)c1csc(-c2cccs2)n1. The molecule has 2 aromatic rings. The van der Waals surface area contributed by atoms with E-state index in [2.05, 4.69) is 10.3 Å². The average Bonchev–Trinajstić information content (AvgIpc) is 3.07. The molecule has 0 saturated heterocycles. The van der Waals surface area contributed by atoms with Crippen LogP contribution < -0.4 is 5.32 Å². The first kappa shape index (κ1) is 13.8. The fourth-order valence-electron chi connectivity index (χ4n) is 2.57. The zero-order valence-corrected chi connectivity index (χ0v) is 12.9. The summed E-state index contributed by atoms with van der Waals surface area (Å²) in [4.78, 5) is 17.8. The Bertz CT molecular complexity index is 554. The molecule has 106 valence electrons. The van der Waals surface area contributed by atoms with Crippen molar-refractivity contribution in [1.82, 2.24) is 10.3 Å². The molecule has 1 fully saturated rings. The van der Waals surface area contributed by atoms with E-state index < -0.39 is 0 Å². The van der Waals surface area contributed by atoms with E-state index in [0.29, 0.717) is 11.7 Å². The van der Waals surface area contributed by atoms with Gasteiger partial charge in [0, 0.05) is 11.4 Å². The lowest BCUT2D eigenvalue weighted by Gasteiger charge is -2.15. The van der Waals surface area contributed by atoms with Gasteiger partial charge in [0.05, 0.1) is 4.88 Å². The van der Waals surface area contributed by atoms with Gasteiger partial charge in [-0.1, -0.05) is 31.7 Å². The summed E-state index contributed by atoms with van der Waals surface area (Å²) in [5.41, 5.74) is 0.558. The van der Waals surface area contributed by atoms with Gasteiger partial charge in [-0.25, -0.2) is 4.98 Å². The molecule has 2 heterocycles. The summed E-state index contributed by atoms with van der Waals surface area (Å²) < 4.78 is 0. The van der Waals surface area contributed by atoms with Crippen LogP contribution in [0.4, 0.5) is 0 Å². The van der Waals surface area contributed by atoms with Crippen molar-refractivity contribution in [2.75, 3.05) is 0 Å². The van der Waals surface area contributed by atoms with Gasteiger partial charge >= 0.3 is 0 Å². The van der Waals surface area contributed by atoms with Crippen molar-refractivity contribution < 1.29 is 4.79 Å². The van der Waals surface area contributed by atoms with E-state index in [-0.39, 0.29) is 5.91 Å². The molecule has 1 aliphatic rings. The third-order valence-corrected chi connectivity index (χ3v) is 5.54. The highest BCUT2D eigenvalue weighted by Gasteiger charge is 2.18. The summed E-state index contributed by atoms with van der Waals surface area (Å²) in [5.74, 6) is -0.0176. The number of amides is 1. The molecule has 20 heavy (non-hydrogen) atoms. The van der Waals surface area contributed by atoms with E-state index in [9.17, 15) is 4.79 Å². The third kappa shape index (κ3) is 3.27. The second-order valence-corrected chi connectivity index (χ2v) is 6.98. The van der Waals surface area contributed by atoms with E-state index >= 15 is 0 Å². The molecule has 0 atom stereocenters. The second-order valence-electron chi connectivity index (χ2n) is 5.18. The number of rotatable bonds is 3. The lowest BCUT2D eigenvalue weighted by molar-refractivity contribution is 0.0929. The fraction of sp³-hybridized carbons (Fsp3) is 0.467. The molecular weight excluding hydrogens is 288 g/mol. The molecule has 3 nitrogen and oxygen atoms in total. The average molecular weight is 306 g/mol. The number of nitrogens with zero attached hydrogens (tertiary/aromatic N) is 1. The zero-order chi connectivity index (χ0) is 13.8. The Hall–Kier alpha value is -1.20. The number of hydrogen-bond donors (Lipinski definition) is 1. The minimum Gasteiger partial charge on any atom is -0.348 e. The zero-order valence-electron chi connectivity index (χ0n) is 11.3. The third-order valence-electron chi connectivity index (χ3n) is 3.66. The maximum absolute atomic E-state index is 12.2. The van der Waals surface area contributed by atoms with Crippen LogP contribution in [0, 0.1) is 0 Å². The Morgan fingerprint density at radius 1 is 1.20 bits per heavy atom. The number of carbonyl (C=O) groups is 1. The molecule has 0 aromatic carbocycles.